The molecule has 1 aliphatic rings. The molecule has 140 valence electrons. The summed E-state index contributed by atoms with van der Waals surface area (Å²) in [6, 6.07) is 7.95. The number of halogens is 1. The van der Waals surface area contributed by atoms with Gasteiger partial charge in [0, 0.05) is 44.4 Å². The molecule has 0 saturated heterocycles. The molecule has 2 heterocycles. The van der Waals surface area contributed by atoms with Gasteiger partial charge < -0.3 is 16.0 Å². The maximum atomic E-state index is 11.9. The first-order valence-electron chi connectivity index (χ1n) is 8.48. The number of para-hydroxylation sites is 1. The monoisotopic (exact) mass is 468 g/mol. The molecule has 3 N–H and O–H groups in total. The van der Waals surface area contributed by atoms with Crippen molar-refractivity contribution in [3.05, 3.63) is 47.8 Å². The van der Waals surface area contributed by atoms with E-state index in [1.165, 1.54) is 0 Å². The van der Waals surface area contributed by atoms with Crippen molar-refractivity contribution in [2.45, 2.75) is 25.8 Å². The lowest BCUT2D eigenvalue weighted by atomic mass is 9.90. The molecule has 0 saturated carbocycles. The molecule has 0 fully saturated rings. The van der Waals surface area contributed by atoms with Crippen LogP contribution in [0.1, 0.15) is 23.5 Å². The topological polar surface area (TPSA) is 83.3 Å². The predicted molar refractivity (Wildman–Crippen MR) is 114 cm³/mol. The number of anilines is 1. The maximum Gasteiger partial charge on any atom is 0.225 e. The lowest BCUT2D eigenvalue weighted by Crippen LogP contribution is -2.41. The van der Waals surface area contributed by atoms with Crippen LogP contribution in [0.5, 0.6) is 0 Å². The Morgan fingerprint density at radius 3 is 2.92 bits per heavy atom. The van der Waals surface area contributed by atoms with Gasteiger partial charge in [-0.25, -0.2) is 0 Å². The summed E-state index contributed by atoms with van der Waals surface area (Å²) in [6.45, 7) is 4.17. The van der Waals surface area contributed by atoms with Crippen LogP contribution in [-0.4, -0.2) is 41.8 Å². The number of nitrogens with zero attached hydrogens (tertiary/aromatic N) is 3. The Balaban J connectivity index is 0.00000243. The number of guanidine groups is 1. The zero-order valence-electron chi connectivity index (χ0n) is 15.0. The molecule has 0 spiro atoms. The van der Waals surface area contributed by atoms with E-state index in [0.29, 0.717) is 13.0 Å². The minimum Gasteiger partial charge on any atom is -0.356 e. The van der Waals surface area contributed by atoms with Gasteiger partial charge in [0.1, 0.15) is 0 Å². The van der Waals surface area contributed by atoms with Crippen LogP contribution < -0.4 is 16.0 Å². The zero-order chi connectivity index (χ0) is 17.6. The second-order valence-corrected chi connectivity index (χ2v) is 6.20. The molecule has 1 aliphatic heterocycles. The van der Waals surface area contributed by atoms with Crippen molar-refractivity contribution in [3.8, 4) is 0 Å². The van der Waals surface area contributed by atoms with Gasteiger partial charge >= 0.3 is 0 Å². The largest absolute Gasteiger partial charge is 0.356 e. The zero-order valence-corrected chi connectivity index (χ0v) is 17.4. The van der Waals surface area contributed by atoms with Gasteiger partial charge in [0.05, 0.1) is 12.7 Å². The van der Waals surface area contributed by atoms with E-state index in [1.807, 2.05) is 42.2 Å². The molecule has 1 atom stereocenters. The lowest BCUT2D eigenvalue weighted by Gasteiger charge is -2.26. The number of carbonyl (C=O) groups excluding carboxylic acids is 1. The second kappa shape index (κ2) is 9.56. The van der Waals surface area contributed by atoms with Gasteiger partial charge in [0.25, 0.3) is 0 Å². The summed E-state index contributed by atoms with van der Waals surface area (Å²) in [6.07, 6.45) is 4.33. The van der Waals surface area contributed by atoms with Crippen molar-refractivity contribution in [1.29, 1.82) is 0 Å². The molecule has 1 aromatic carbocycles. The summed E-state index contributed by atoms with van der Waals surface area (Å²) < 4.78 is 1.90. The Labute approximate surface area is 170 Å². The van der Waals surface area contributed by atoms with Gasteiger partial charge in [0.2, 0.25) is 5.91 Å². The minimum absolute atomic E-state index is 0. The number of nitrogens with one attached hydrogen (secondary N) is 3. The van der Waals surface area contributed by atoms with Gasteiger partial charge in [0.15, 0.2) is 5.96 Å². The van der Waals surface area contributed by atoms with E-state index < -0.39 is 0 Å². The Bertz CT molecular complexity index is 773. The third-order valence-corrected chi connectivity index (χ3v) is 4.24. The van der Waals surface area contributed by atoms with E-state index in [9.17, 15) is 4.79 Å². The first-order chi connectivity index (χ1) is 12.2. The van der Waals surface area contributed by atoms with Gasteiger partial charge in [-0.05, 0) is 24.1 Å². The highest BCUT2D eigenvalue weighted by atomic mass is 127. The molecule has 7 nitrogen and oxygen atoms in total. The number of aromatic nitrogens is 2. The van der Waals surface area contributed by atoms with Crippen molar-refractivity contribution in [2.75, 3.05) is 25.5 Å². The van der Waals surface area contributed by atoms with Crippen LogP contribution in [0.25, 0.3) is 0 Å². The Morgan fingerprint density at radius 2 is 2.19 bits per heavy atom. The van der Waals surface area contributed by atoms with Crippen LogP contribution in [0, 0.1) is 6.92 Å². The third-order valence-electron chi connectivity index (χ3n) is 4.24. The number of fused-ring (bicyclic) bond motifs is 1. The average molecular weight is 468 g/mol. The summed E-state index contributed by atoms with van der Waals surface area (Å²) in [7, 11) is 1.74. The van der Waals surface area contributed by atoms with Crippen molar-refractivity contribution < 1.29 is 4.79 Å². The quantitative estimate of drug-likeness (QED) is 0.357. The van der Waals surface area contributed by atoms with Gasteiger partial charge in [-0.3, -0.25) is 14.5 Å². The highest BCUT2D eigenvalue weighted by molar-refractivity contribution is 14.0. The smallest absolute Gasteiger partial charge is 0.225 e. The fourth-order valence-corrected chi connectivity index (χ4v) is 3.00. The van der Waals surface area contributed by atoms with E-state index in [4.69, 9.17) is 0 Å². The maximum absolute atomic E-state index is 11.9. The standard InChI is InChI=1S/C18H24N6O.HI/c1-13-10-22-24(12-13)8-7-20-18(19-2)21-11-14-9-17(25)23-16-6-4-3-5-15(14)16;/h3-6,10,12,14H,7-9,11H2,1-2H3,(H,23,25)(H2,19,20,21);1H. The molecule has 8 heteroatoms. The van der Waals surface area contributed by atoms with E-state index in [2.05, 4.69) is 32.1 Å². The Kier molecular flexibility index (Phi) is 7.43. The van der Waals surface area contributed by atoms with Crippen molar-refractivity contribution in [1.82, 2.24) is 20.4 Å². The number of aryl methyl sites for hydroxylation is 1. The second-order valence-electron chi connectivity index (χ2n) is 6.20. The molecular formula is C18H25IN6O. The summed E-state index contributed by atoms with van der Waals surface area (Å²) in [4.78, 5) is 16.1. The number of aliphatic imine (C=N–C) groups is 1. The van der Waals surface area contributed by atoms with Crippen LogP contribution in [0.4, 0.5) is 5.69 Å². The first-order valence-corrected chi connectivity index (χ1v) is 8.48. The highest BCUT2D eigenvalue weighted by Crippen LogP contribution is 2.31. The van der Waals surface area contributed by atoms with Gasteiger partial charge in [-0.2, -0.15) is 5.10 Å². The number of hydrogen-bond acceptors (Lipinski definition) is 3. The molecule has 3 rings (SSSR count). The third kappa shape index (κ3) is 5.20. The van der Waals surface area contributed by atoms with Gasteiger partial charge in [-0.15, -0.1) is 24.0 Å². The van der Waals surface area contributed by atoms with E-state index in [0.717, 1.165) is 35.9 Å². The number of hydrogen-bond donors (Lipinski definition) is 3. The normalized spacial score (nSPS) is 16.3. The number of amides is 1. The molecule has 1 unspecified atom stereocenters. The fraction of sp³-hybridized carbons (Fsp3) is 0.389. The van der Waals surface area contributed by atoms with Crippen LogP contribution in [0.3, 0.4) is 0 Å². The molecule has 1 amide bonds. The van der Waals surface area contributed by atoms with Crippen molar-refractivity contribution in [2.24, 2.45) is 4.99 Å². The fourth-order valence-electron chi connectivity index (χ4n) is 3.00. The summed E-state index contributed by atoms with van der Waals surface area (Å²) >= 11 is 0. The summed E-state index contributed by atoms with van der Waals surface area (Å²) in [5, 5.41) is 13.8. The first kappa shape index (κ1) is 20.2. The van der Waals surface area contributed by atoms with Crippen LogP contribution in [0.15, 0.2) is 41.7 Å². The van der Waals surface area contributed by atoms with Gasteiger partial charge in [-0.1, -0.05) is 18.2 Å². The molecule has 2 aromatic rings. The van der Waals surface area contributed by atoms with Crippen LogP contribution in [0.2, 0.25) is 0 Å². The van der Waals surface area contributed by atoms with E-state index >= 15 is 0 Å². The molecule has 26 heavy (non-hydrogen) atoms. The molecule has 0 aliphatic carbocycles. The number of carbonyl (C=O) groups is 1. The Morgan fingerprint density at radius 1 is 1.38 bits per heavy atom. The van der Waals surface area contributed by atoms with Crippen molar-refractivity contribution >= 4 is 41.5 Å². The van der Waals surface area contributed by atoms with Crippen LogP contribution >= 0.6 is 24.0 Å². The molecule has 0 bridgehead atoms. The summed E-state index contributed by atoms with van der Waals surface area (Å²) in [5.74, 6) is 0.923. The SMILES string of the molecule is CN=C(NCCn1cc(C)cn1)NCC1CC(=O)Nc2ccccc21.I. The van der Waals surface area contributed by atoms with E-state index in [1.54, 1.807) is 7.05 Å². The molecular weight excluding hydrogens is 443 g/mol. The lowest BCUT2D eigenvalue weighted by molar-refractivity contribution is -0.116. The summed E-state index contributed by atoms with van der Waals surface area (Å²) in [5.41, 5.74) is 3.22. The minimum atomic E-state index is 0. The van der Waals surface area contributed by atoms with E-state index in [-0.39, 0.29) is 35.8 Å². The van der Waals surface area contributed by atoms with Crippen molar-refractivity contribution in [3.63, 3.8) is 0 Å². The molecule has 0 radical (unpaired) electrons. The number of rotatable bonds is 5. The Hall–Kier alpha value is -2.10. The predicted octanol–water partition coefficient (Wildman–Crippen LogP) is 2.10. The average Bonchev–Trinajstić information content (AvgIpc) is 3.02. The highest BCUT2D eigenvalue weighted by Gasteiger charge is 2.24. The van der Waals surface area contributed by atoms with Crippen LogP contribution in [-0.2, 0) is 11.3 Å². The number of benzene rings is 1. The molecule has 1 aromatic heterocycles.